The Labute approximate surface area is 103 Å². The molecule has 0 bridgehead atoms. The summed E-state index contributed by atoms with van der Waals surface area (Å²) >= 11 is 5.32. The van der Waals surface area contributed by atoms with Gasteiger partial charge in [-0.15, -0.1) is 11.3 Å². The van der Waals surface area contributed by atoms with Gasteiger partial charge in [-0.3, -0.25) is 0 Å². The molecule has 1 aromatic rings. The van der Waals surface area contributed by atoms with Gasteiger partial charge in [0.2, 0.25) is 0 Å². The molecular formula is C11H16BrNOS. The van der Waals surface area contributed by atoms with Crippen molar-refractivity contribution in [2.45, 2.75) is 18.9 Å². The highest BCUT2D eigenvalue weighted by Gasteiger charge is 2.25. The number of ether oxygens (including phenoxy) is 1. The predicted octanol–water partition coefficient (Wildman–Crippen LogP) is 3.20. The van der Waals surface area contributed by atoms with E-state index in [4.69, 9.17) is 4.74 Å². The van der Waals surface area contributed by atoms with Crippen molar-refractivity contribution in [3.8, 4) is 0 Å². The molecule has 2 rings (SSSR count). The number of hydrogen-bond acceptors (Lipinski definition) is 3. The van der Waals surface area contributed by atoms with Crippen LogP contribution in [0.3, 0.4) is 0 Å². The van der Waals surface area contributed by atoms with Gasteiger partial charge in [-0.1, -0.05) is 0 Å². The molecule has 4 heteroatoms. The zero-order valence-electron chi connectivity index (χ0n) is 8.83. The van der Waals surface area contributed by atoms with Crippen molar-refractivity contribution in [1.29, 1.82) is 0 Å². The first kappa shape index (κ1) is 11.6. The van der Waals surface area contributed by atoms with Gasteiger partial charge in [0.1, 0.15) is 0 Å². The molecular weight excluding hydrogens is 274 g/mol. The van der Waals surface area contributed by atoms with Crippen LogP contribution in [0.5, 0.6) is 0 Å². The molecule has 0 amide bonds. The van der Waals surface area contributed by atoms with Crippen LogP contribution in [0.15, 0.2) is 15.9 Å². The van der Waals surface area contributed by atoms with Crippen molar-refractivity contribution in [2.24, 2.45) is 5.92 Å². The van der Waals surface area contributed by atoms with E-state index in [9.17, 15) is 0 Å². The highest BCUT2D eigenvalue weighted by Crippen LogP contribution is 2.33. The predicted molar refractivity (Wildman–Crippen MR) is 67.4 cm³/mol. The fourth-order valence-corrected chi connectivity index (χ4v) is 3.78. The molecule has 15 heavy (non-hydrogen) atoms. The molecule has 0 aliphatic carbocycles. The van der Waals surface area contributed by atoms with Gasteiger partial charge in [0.25, 0.3) is 0 Å². The van der Waals surface area contributed by atoms with Crippen LogP contribution in [0, 0.1) is 5.92 Å². The Hall–Kier alpha value is 0.1000. The first-order valence-electron chi connectivity index (χ1n) is 5.30. The Balaban J connectivity index is 2.08. The zero-order chi connectivity index (χ0) is 10.7. The quantitative estimate of drug-likeness (QED) is 0.923. The Bertz CT molecular complexity index is 309. The number of thiophene rings is 1. The van der Waals surface area contributed by atoms with Crippen molar-refractivity contribution >= 4 is 27.3 Å². The minimum atomic E-state index is 0.446. The SMILES string of the molecule is CNC(c1cc(Br)cs1)C1CCCOC1. The maximum Gasteiger partial charge on any atom is 0.0512 e. The summed E-state index contributed by atoms with van der Waals surface area (Å²) in [5.74, 6) is 0.620. The maximum absolute atomic E-state index is 5.55. The van der Waals surface area contributed by atoms with Crippen LogP contribution < -0.4 is 5.32 Å². The van der Waals surface area contributed by atoms with Gasteiger partial charge in [0.05, 0.1) is 6.61 Å². The molecule has 84 valence electrons. The number of rotatable bonds is 3. The molecule has 1 fully saturated rings. The summed E-state index contributed by atoms with van der Waals surface area (Å²) in [5, 5.41) is 5.55. The Kier molecular flexibility index (Phi) is 4.20. The Morgan fingerprint density at radius 1 is 1.67 bits per heavy atom. The highest BCUT2D eigenvalue weighted by atomic mass is 79.9. The largest absolute Gasteiger partial charge is 0.381 e. The van der Waals surface area contributed by atoms with Crippen molar-refractivity contribution in [1.82, 2.24) is 5.32 Å². The van der Waals surface area contributed by atoms with Gasteiger partial charge < -0.3 is 10.1 Å². The second-order valence-corrected chi connectivity index (χ2v) is 5.77. The monoisotopic (exact) mass is 289 g/mol. The lowest BCUT2D eigenvalue weighted by atomic mass is 9.93. The van der Waals surface area contributed by atoms with Gasteiger partial charge in [0, 0.05) is 33.3 Å². The molecule has 0 radical (unpaired) electrons. The van der Waals surface area contributed by atoms with E-state index in [1.165, 1.54) is 22.2 Å². The van der Waals surface area contributed by atoms with Crippen molar-refractivity contribution in [3.05, 3.63) is 20.8 Å². The van der Waals surface area contributed by atoms with Crippen LogP contribution in [0.25, 0.3) is 0 Å². The molecule has 1 N–H and O–H groups in total. The maximum atomic E-state index is 5.55. The van der Waals surface area contributed by atoms with Gasteiger partial charge in [-0.05, 0) is 41.9 Å². The first-order valence-corrected chi connectivity index (χ1v) is 6.97. The van der Waals surface area contributed by atoms with Gasteiger partial charge >= 0.3 is 0 Å². The molecule has 2 unspecified atom stereocenters. The summed E-state index contributed by atoms with van der Waals surface area (Å²) in [6.45, 7) is 1.82. The van der Waals surface area contributed by atoms with E-state index in [1.54, 1.807) is 0 Å². The third-order valence-corrected chi connectivity index (χ3v) is 4.65. The molecule has 2 nitrogen and oxygen atoms in total. The molecule has 2 atom stereocenters. The van der Waals surface area contributed by atoms with E-state index in [0.717, 1.165) is 13.2 Å². The molecule has 1 aliphatic rings. The van der Waals surface area contributed by atoms with Crippen molar-refractivity contribution in [2.75, 3.05) is 20.3 Å². The van der Waals surface area contributed by atoms with Gasteiger partial charge in [0.15, 0.2) is 0 Å². The molecule has 2 heterocycles. The molecule has 0 spiro atoms. The van der Waals surface area contributed by atoms with Gasteiger partial charge in [-0.25, -0.2) is 0 Å². The smallest absolute Gasteiger partial charge is 0.0512 e. The standard InChI is InChI=1S/C11H16BrNOS/c1-13-11(8-3-2-4-14-6-8)10-5-9(12)7-15-10/h5,7-8,11,13H,2-4,6H2,1H3. The minimum absolute atomic E-state index is 0.446. The van der Waals surface area contributed by atoms with Crippen LogP contribution in [0.2, 0.25) is 0 Å². The topological polar surface area (TPSA) is 21.3 Å². The third kappa shape index (κ3) is 2.81. The van der Waals surface area contributed by atoms with Crippen molar-refractivity contribution in [3.63, 3.8) is 0 Å². The second-order valence-electron chi connectivity index (χ2n) is 3.91. The third-order valence-electron chi connectivity index (χ3n) is 2.87. The van der Waals surface area contributed by atoms with E-state index >= 15 is 0 Å². The Morgan fingerprint density at radius 2 is 2.53 bits per heavy atom. The summed E-state index contributed by atoms with van der Waals surface area (Å²) < 4.78 is 6.73. The molecule has 1 saturated heterocycles. The summed E-state index contributed by atoms with van der Waals surface area (Å²) in [6.07, 6.45) is 2.45. The van der Waals surface area contributed by atoms with Crippen LogP contribution in [0.1, 0.15) is 23.8 Å². The first-order chi connectivity index (χ1) is 7.31. The normalized spacial score (nSPS) is 24.0. The highest BCUT2D eigenvalue weighted by molar-refractivity contribution is 9.10. The Morgan fingerprint density at radius 3 is 3.07 bits per heavy atom. The van der Waals surface area contributed by atoms with Crippen LogP contribution >= 0.6 is 27.3 Å². The van der Waals surface area contributed by atoms with E-state index in [1.807, 2.05) is 18.4 Å². The summed E-state index contributed by atoms with van der Waals surface area (Å²) in [6, 6.07) is 2.65. The minimum Gasteiger partial charge on any atom is -0.381 e. The fourth-order valence-electron chi connectivity index (χ4n) is 2.13. The van der Waals surface area contributed by atoms with Crippen LogP contribution in [-0.4, -0.2) is 20.3 Å². The summed E-state index contributed by atoms with van der Waals surface area (Å²) in [4.78, 5) is 1.40. The molecule has 1 aliphatic heterocycles. The lowest BCUT2D eigenvalue weighted by Crippen LogP contribution is -2.30. The lowest BCUT2D eigenvalue weighted by molar-refractivity contribution is 0.0407. The van der Waals surface area contributed by atoms with Gasteiger partial charge in [-0.2, -0.15) is 0 Å². The molecule has 0 aromatic carbocycles. The molecule has 0 saturated carbocycles. The zero-order valence-corrected chi connectivity index (χ0v) is 11.2. The summed E-state index contributed by atoms with van der Waals surface area (Å²) in [7, 11) is 2.03. The van der Waals surface area contributed by atoms with E-state index in [0.29, 0.717) is 12.0 Å². The molecule has 1 aromatic heterocycles. The van der Waals surface area contributed by atoms with E-state index < -0.39 is 0 Å². The van der Waals surface area contributed by atoms with Crippen LogP contribution in [-0.2, 0) is 4.74 Å². The van der Waals surface area contributed by atoms with E-state index in [2.05, 4.69) is 32.7 Å². The average molecular weight is 290 g/mol. The average Bonchev–Trinajstić information content (AvgIpc) is 2.68. The second kappa shape index (κ2) is 5.43. The fraction of sp³-hybridized carbons (Fsp3) is 0.636. The summed E-state index contributed by atoms with van der Waals surface area (Å²) in [5.41, 5.74) is 0. The lowest BCUT2D eigenvalue weighted by Gasteiger charge is -2.29. The van der Waals surface area contributed by atoms with Crippen molar-refractivity contribution < 1.29 is 4.74 Å². The van der Waals surface area contributed by atoms with E-state index in [-0.39, 0.29) is 0 Å². The van der Waals surface area contributed by atoms with Crippen LogP contribution in [0.4, 0.5) is 0 Å². The number of nitrogens with one attached hydrogen (secondary N) is 1. The number of hydrogen-bond donors (Lipinski definition) is 1. The number of halogens is 1.